The zero-order valence-electron chi connectivity index (χ0n) is 17.4. The van der Waals surface area contributed by atoms with Crippen LogP contribution in [-0.2, 0) is 0 Å². The first-order valence-corrected chi connectivity index (χ1v) is 10.7. The number of rotatable bonds is 5. The molecule has 4 unspecified atom stereocenters. The fourth-order valence-corrected chi connectivity index (χ4v) is 4.81. The lowest BCUT2D eigenvalue weighted by molar-refractivity contribution is -0.00370. The molecule has 0 radical (unpaired) electrons. The Morgan fingerprint density at radius 2 is 1.94 bits per heavy atom. The highest BCUT2D eigenvalue weighted by molar-refractivity contribution is 5.83. The summed E-state index contributed by atoms with van der Waals surface area (Å²) in [5, 5.41) is 42.6. The van der Waals surface area contributed by atoms with E-state index in [2.05, 4.69) is 31.2 Å². The van der Waals surface area contributed by atoms with E-state index in [4.69, 9.17) is 5.26 Å². The molecule has 1 aromatic carbocycles. The van der Waals surface area contributed by atoms with Crippen LogP contribution in [0.1, 0.15) is 24.4 Å². The molecule has 2 fully saturated rings. The maximum Gasteiger partial charge on any atom is 0.165 e. The number of hydrogen-bond donors (Lipinski definition) is 4. The lowest BCUT2D eigenvalue weighted by Crippen LogP contribution is -2.30. The van der Waals surface area contributed by atoms with Crippen molar-refractivity contribution in [2.45, 2.75) is 37.1 Å². The summed E-state index contributed by atoms with van der Waals surface area (Å²) in [7, 11) is 0. The number of aromatic nitrogens is 4. The van der Waals surface area contributed by atoms with E-state index in [9.17, 15) is 15.3 Å². The van der Waals surface area contributed by atoms with Gasteiger partial charge >= 0.3 is 0 Å². The molecule has 1 saturated carbocycles. The van der Waals surface area contributed by atoms with E-state index >= 15 is 0 Å². The summed E-state index contributed by atoms with van der Waals surface area (Å²) in [6.07, 6.45) is 2.48. The highest BCUT2D eigenvalue weighted by atomic mass is 16.3. The first kappa shape index (κ1) is 20.6. The number of nitrogens with one attached hydrogen (secondary N) is 1. The van der Waals surface area contributed by atoms with Gasteiger partial charge in [-0.3, -0.25) is 0 Å². The number of benzene rings is 1. The maximum atomic E-state index is 10.5. The molecule has 1 aliphatic carbocycles. The summed E-state index contributed by atoms with van der Waals surface area (Å²) in [5.74, 6) is 0.255. The predicted molar refractivity (Wildman–Crippen MR) is 117 cm³/mol. The van der Waals surface area contributed by atoms with Gasteiger partial charge in [0.05, 0.1) is 30.1 Å². The molecular formula is C22H25N7O3. The third-order valence-corrected chi connectivity index (χ3v) is 6.61. The van der Waals surface area contributed by atoms with Gasteiger partial charge in [0.1, 0.15) is 17.9 Å². The molecule has 5 rings (SSSR count). The fraction of sp³-hybridized carbons (Fsp3) is 0.455. The third-order valence-electron chi connectivity index (χ3n) is 6.61. The highest BCUT2D eigenvalue weighted by Gasteiger charge is 2.42. The predicted octanol–water partition coefficient (Wildman–Crippen LogP) is 0.664. The Morgan fingerprint density at radius 1 is 1.12 bits per heavy atom. The van der Waals surface area contributed by atoms with E-state index in [1.807, 2.05) is 24.3 Å². The Balaban J connectivity index is 1.33. The summed E-state index contributed by atoms with van der Waals surface area (Å²) in [6, 6.07) is 9.49. The number of nitriles is 1. The van der Waals surface area contributed by atoms with Crippen molar-refractivity contribution in [2.75, 3.05) is 29.9 Å². The van der Waals surface area contributed by atoms with Gasteiger partial charge in [-0.25, -0.2) is 15.0 Å². The van der Waals surface area contributed by atoms with E-state index in [0.717, 1.165) is 25.2 Å². The fourth-order valence-electron chi connectivity index (χ4n) is 4.81. The van der Waals surface area contributed by atoms with E-state index in [-0.39, 0.29) is 18.6 Å². The molecule has 0 amide bonds. The number of fused-ring (bicyclic) bond motifs is 1. The lowest BCUT2D eigenvalue weighted by Gasteiger charge is -2.19. The number of hydrogen-bond acceptors (Lipinski definition) is 9. The molecular weight excluding hydrogens is 410 g/mol. The Hall–Kier alpha value is -3.26. The summed E-state index contributed by atoms with van der Waals surface area (Å²) < 4.78 is 1.77. The monoisotopic (exact) mass is 435 g/mol. The quantitative estimate of drug-likeness (QED) is 0.454. The van der Waals surface area contributed by atoms with Crippen LogP contribution in [0.4, 0.5) is 11.5 Å². The number of aliphatic hydroxyl groups excluding tert-OH is 3. The van der Waals surface area contributed by atoms with Crippen molar-refractivity contribution in [1.29, 1.82) is 5.26 Å². The van der Waals surface area contributed by atoms with Gasteiger partial charge in [0.2, 0.25) is 0 Å². The summed E-state index contributed by atoms with van der Waals surface area (Å²) in [5.41, 5.74) is 2.92. The van der Waals surface area contributed by atoms with Crippen LogP contribution in [0.25, 0.3) is 11.2 Å². The molecule has 3 heterocycles. The van der Waals surface area contributed by atoms with E-state index < -0.39 is 18.2 Å². The van der Waals surface area contributed by atoms with Gasteiger partial charge in [0.25, 0.3) is 0 Å². The van der Waals surface area contributed by atoms with Crippen LogP contribution >= 0.6 is 0 Å². The molecule has 2 aromatic heterocycles. The van der Waals surface area contributed by atoms with Crippen LogP contribution in [-0.4, -0.2) is 72.8 Å². The number of nitrogens with zero attached hydrogens (tertiary/aromatic N) is 6. The SMILES string of the molecule is N#Cc1ccc(N2CC[C@H](Nc3ncnc4c3ncn4C3CC(CO)C(O)C3O)C2)cc1. The van der Waals surface area contributed by atoms with Crippen LogP contribution in [0.3, 0.4) is 0 Å². The topological polar surface area (TPSA) is 143 Å². The summed E-state index contributed by atoms with van der Waals surface area (Å²) in [4.78, 5) is 15.5. The lowest BCUT2D eigenvalue weighted by atomic mass is 10.1. The van der Waals surface area contributed by atoms with E-state index in [0.29, 0.717) is 29.0 Å². The maximum absolute atomic E-state index is 10.5. The van der Waals surface area contributed by atoms with Crippen molar-refractivity contribution in [3.05, 3.63) is 42.5 Å². The average Bonchev–Trinajstić information content (AvgIpc) is 3.53. The second-order valence-corrected chi connectivity index (χ2v) is 8.51. The van der Waals surface area contributed by atoms with E-state index in [1.165, 1.54) is 6.33 Å². The molecule has 10 heteroatoms. The first-order valence-electron chi connectivity index (χ1n) is 10.7. The van der Waals surface area contributed by atoms with Gasteiger partial charge in [-0.15, -0.1) is 0 Å². The molecule has 2 aliphatic rings. The third kappa shape index (κ3) is 3.54. The highest BCUT2D eigenvalue weighted by Crippen LogP contribution is 2.37. The Labute approximate surface area is 184 Å². The second kappa shape index (κ2) is 8.35. The molecule has 5 atom stereocenters. The molecule has 166 valence electrons. The summed E-state index contributed by atoms with van der Waals surface area (Å²) in [6.45, 7) is 1.51. The van der Waals surface area contributed by atoms with Crippen molar-refractivity contribution in [3.63, 3.8) is 0 Å². The van der Waals surface area contributed by atoms with Crippen LogP contribution in [0.5, 0.6) is 0 Å². The van der Waals surface area contributed by atoms with Crippen molar-refractivity contribution in [1.82, 2.24) is 19.5 Å². The first-order chi connectivity index (χ1) is 15.6. The van der Waals surface area contributed by atoms with Gasteiger partial charge in [-0.1, -0.05) is 0 Å². The van der Waals surface area contributed by atoms with Crippen LogP contribution in [0.15, 0.2) is 36.9 Å². The molecule has 10 nitrogen and oxygen atoms in total. The van der Waals surface area contributed by atoms with Gasteiger partial charge in [0.15, 0.2) is 11.5 Å². The Bertz CT molecular complexity index is 1140. The molecule has 3 aromatic rings. The van der Waals surface area contributed by atoms with Gasteiger partial charge < -0.3 is 30.1 Å². The molecule has 1 saturated heterocycles. The number of aliphatic hydroxyl groups is 3. The van der Waals surface area contributed by atoms with Crippen molar-refractivity contribution in [3.8, 4) is 6.07 Å². The van der Waals surface area contributed by atoms with Crippen molar-refractivity contribution < 1.29 is 15.3 Å². The Morgan fingerprint density at radius 3 is 2.66 bits per heavy atom. The standard InChI is InChI=1S/C22H25N7O3/c23-8-13-1-3-16(4-2-13)28-6-5-15(9-28)27-21-18-22(25-11-24-21)29(12-26-18)17-7-14(10-30)19(31)20(17)32/h1-4,11-12,14-15,17,19-20,30-32H,5-7,9-10H2,(H,24,25,27)/t14?,15-,17?,19?,20?/m0/s1. The average molecular weight is 435 g/mol. The second-order valence-electron chi connectivity index (χ2n) is 8.51. The normalized spacial score (nSPS) is 27.7. The molecule has 0 spiro atoms. The number of anilines is 2. The molecule has 0 bridgehead atoms. The smallest absolute Gasteiger partial charge is 0.165 e. The summed E-state index contributed by atoms with van der Waals surface area (Å²) >= 11 is 0. The minimum absolute atomic E-state index is 0.173. The van der Waals surface area contributed by atoms with E-state index in [1.54, 1.807) is 10.9 Å². The van der Waals surface area contributed by atoms with Gasteiger partial charge in [-0.2, -0.15) is 5.26 Å². The zero-order valence-corrected chi connectivity index (χ0v) is 17.4. The van der Waals surface area contributed by atoms with Gasteiger partial charge in [0, 0.05) is 37.3 Å². The minimum Gasteiger partial charge on any atom is -0.396 e. The van der Waals surface area contributed by atoms with Gasteiger partial charge in [-0.05, 0) is 37.1 Å². The van der Waals surface area contributed by atoms with Crippen molar-refractivity contribution in [2.24, 2.45) is 5.92 Å². The minimum atomic E-state index is -0.994. The number of imidazole rings is 1. The van der Waals surface area contributed by atoms with Crippen LogP contribution in [0, 0.1) is 17.2 Å². The van der Waals surface area contributed by atoms with Crippen LogP contribution < -0.4 is 10.2 Å². The largest absolute Gasteiger partial charge is 0.396 e. The Kier molecular flexibility index (Phi) is 5.38. The van der Waals surface area contributed by atoms with Crippen molar-refractivity contribution >= 4 is 22.7 Å². The molecule has 32 heavy (non-hydrogen) atoms. The zero-order chi connectivity index (χ0) is 22.2. The van der Waals surface area contributed by atoms with Crippen LogP contribution in [0.2, 0.25) is 0 Å². The molecule has 4 N–H and O–H groups in total. The molecule has 1 aliphatic heterocycles.